The summed E-state index contributed by atoms with van der Waals surface area (Å²) in [6.07, 6.45) is 0. The van der Waals surface area contributed by atoms with E-state index in [0.29, 0.717) is 16.3 Å². The van der Waals surface area contributed by atoms with Crippen molar-refractivity contribution in [1.29, 1.82) is 0 Å². The maximum absolute atomic E-state index is 13.8. The largest absolute Gasteiger partial charge is 0.457 e. The third kappa shape index (κ3) is 3.27. The van der Waals surface area contributed by atoms with E-state index in [0.717, 1.165) is 5.56 Å². The molecule has 2 aromatic carbocycles. The molecule has 0 saturated carbocycles. The van der Waals surface area contributed by atoms with Gasteiger partial charge in [-0.15, -0.1) is 0 Å². The molecule has 0 aliphatic rings. The van der Waals surface area contributed by atoms with Crippen molar-refractivity contribution in [3.63, 3.8) is 0 Å². The minimum absolute atomic E-state index is 0.0449. The molecule has 2 rings (SSSR count). The molecule has 0 amide bonds. The lowest BCUT2D eigenvalue weighted by atomic mass is 10.1. The molecular weight excluding hydrogens is 281 g/mol. The smallest absolute Gasteiger partial charge is 0.341 e. The number of hydrogen-bond donors (Lipinski definition) is 1. The second kappa shape index (κ2) is 5.92. The molecule has 0 aromatic heterocycles. The Kier molecular flexibility index (Phi) is 4.25. The number of aryl methyl sites for hydroxylation is 1. The zero-order chi connectivity index (χ0) is 14.7. The first kappa shape index (κ1) is 14.3. The lowest BCUT2D eigenvalue weighted by Crippen LogP contribution is -2.09. The Balaban J connectivity index is 2.11. The van der Waals surface area contributed by atoms with Gasteiger partial charge in [0.25, 0.3) is 0 Å². The highest BCUT2D eigenvalue weighted by Crippen LogP contribution is 2.19. The van der Waals surface area contributed by atoms with Crippen LogP contribution in [0.25, 0.3) is 0 Å². The number of halogens is 2. The first-order valence-corrected chi connectivity index (χ1v) is 6.32. The first-order chi connectivity index (χ1) is 9.47. The lowest BCUT2D eigenvalue weighted by molar-refractivity contribution is 0.0467. The SMILES string of the molecule is Cc1cc(N)cc(C(=O)OCc2ccc(Cl)cc2)c1F. The summed E-state index contributed by atoms with van der Waals surface area (Å²) in [6.45, 7) is 1.59. The average Bonchev–Trinajstić information content (AvgIpc) is 2.42. The van der Waals surface area contributed by atoms with Crippen molar-refractivity contribution in [2.24, 2.45) is 0 Å². The topological polar surface area (TPSA) is 52.3 Å². The van der Waals surface area contributed by atoms with Gasteiger partial charge in [0, 0.05) is 10.7 Å². The van der Waals surface area contributed by atoms with E-state index < -0.39 is 11.8 Å². The summed E-state index contributed by atoms with van der Waals surface area (Å²) in [5.74, 6) is -1.35. The maximum atomic E-state index is 13.8. The molecule has 0 aliphatic heterocycles. The molecule has 104 valence electrons. The molecule has 0 saturated heterocycles. The molecule has 0 atom stereocenters. The number of carbonyl (C=O) groups is 1. The Morgan fingerprint density at radius 1 is 1.30 bits per heavy atom. The van der Waals surface area contributed by atoms with Crippen molar-refractivity contribution in [3.8, 4) is 0 Å². The number of nitrogens with two attached hydrogens (primary N) is 1. The molecule has 0 unspecified atom stereocenters. The molecule has 0 fully saturated rings. The Hall–Kier alpha value is -2.07. The summed E-state index contributed by atoms with van der Waals surface area (Å²) in [7, 11) is 0. The van der Waals surface area contributed by atoms with Crippen LogP contribution in [0, 0.1) is 12.7 Å². The molecule has 5 heteroatoms. The van der Waals surface area contributed by atoms with Crippen LogP contribution in [-0.2, 0) is 11.3 Å². The highest BCUT2D eigenvalue weighted by molar-refractivity contribution is 6.30. The molecule has 2 aromatic rings. The Morgan fingerprint density at radius 3 is 2.60 bits per heavy atom. The van der Waals surface area contributed by atoms with Crippen molar-refractivity contribution in [2.75, 3.05) is 5.73 Å². The monoisotopic (exact) mass is 293 g/mol. The van der Waals surface area contributed by atoms with Crippen LogP contribution in [0.3, 0.4) is 0 Å². The predicted molar refractivity (Wildman–Crippen MR) is 76.1 cm³/mol. The Labute approximate surface area is 121 Å². The number of carbonyl (C=O) groups excluding carboxylic acids is 1. The zero-order valence-electron chi connectivity index (χ0n) is 10.8. The molecular formula is C15H13ClFNO2. The predicted octanol–water partition coefficient (Wildman–Crippen LogP) is 3.73. The van der Waals surface area contributed by atoms with Crippen LogP contribution in [0.2, 0.25) is 5.02 Å². The second-order valence-corrected chi connectivity index (χ2v) is 4.84. The van der Waals surface area contributed by atoms with E-state index in [2.05, 4.69) is 0 Å². The number of benzene rings is 2. The summed E-state index contributed by atoms with van der Waals surface area (Å²) in [6, 6.07) is 9.58. The van der Waals surface area contributed by atoms with E-state index in [1.54, 1.807) is 31.2 Å². The van der Waals surface area contributed by atoms with Gasteiger partial charge in [0.1, 0.15) is 12.4 Å². The third-order valence-electron chi connectivity index (χ3n) is 2.78. The van der Waals surface area contributed by atoms with Gasteiger partial charge < -0.3 is 10.5 Å². The quantitative estimate of drug-likeness (QED) is 0.693. The molecule has 0 heterocycles. The summed E-state index contributed by atoms with van der Waals surface area (Å²) in [5.41, 5.74) is 6.84. The van der Waals surface area contributed by atoms with Crippen LogP contribution < -0.4 is 5.73 Å². The van der Waals surface area contributed by atoms with Gasteiger partial charge in [-0.2, -0.15) is 0 Å². The fourth-order valence-corrected chi connectivity index (χ4v) is 1.88. The average molecular weight is 294 g/mol. The molecule has 0 radical (unpaired) electrons. The number of hydrogen-bond acceptors (Lipinski definition) is 3. The van der Waals surface area contributed by atoms with Crippen LogP contribution in [0.15, 0.2) is 36.4 Å². The van der Waals surface area contributed by atoms with Crippen LogP contribution in [-0.4, -0.2) is 5.97 Å². The molecule has 2 N–H and O–H groups in total. The molecule has 0 spiro atoms. The highest BCUT2D eigenvalue weighted by Gasteiger charge is 2.16. The summed E-state index contributed by atoms with van der Waals surface area (Å²) < 4.78 is 18.9. The minimum Gasteiger partial charge on any atom is -0.457 e. The molecule has 0 aliphatic carbocycles. The van der Waals surface area contributed by atoms with Gasteiger partial charge in [0.05, 0.1) is 5.56 Å². The Morgan fingerprint density at radius 2 is 1.95 bits per heavy atom. The number of rotatable bonds is 3. The molecule has 0 bridgehead atoms. The lowest BCUT2D eigenvalue weighted by Gasteiger charge is -2.08. The van der Waals surface area contributed by atoms with Gasteiger partial charge in [-0.05, 0) is 42.3 Å². The second-order valence-electron chi connectivity index (χ2n) is 4.40. The number of esters is 1. The normalized spacial score (nSPS) is 10.3. The van der Waals surface area contributed by atoms with Crippen LogP contribution in [0.5, 0.6) is 0 Å². The van der Waals surface area contributed by atoms with E-state index >= 15 is 0 Å². The van der Waals surface area contributed by atoms with Gasteiger partial charge in [-0.25, -0.2) is 9.18 Å². The van der Waals surface area contributed by atoms with Crippen molar-refractivity contribution >= 4 is 23.3 Å². The van der Waals surface area contributed by atoms with Gasteiger partial charge >= 0.3 is 5.97 Å². The van der Waals surface area contributed by atoms with Crippen LogP contribution in [0.4, 0.5) is 10.1 Å². The van der Waals surface area contributed by atoms with Crippen LogP contribution >= 0.6 is 11.6 Å². The fraction of sp³-hybridized carbons (Fsp3) is 0.133. The first-order valence-electron chi connectivity index (χ1n) is 5.94. The molecule has 3 nitrogen and oxygen atoms in total. The van der Waals surface area contributed by atoms with Gasteiger partial charge in [-0.3, -0.25) is 0 Å². The highest BCUT2D eigenvalue weighted by atomic mass is 35.5. The van der Waals surface area contributed by atoms with Gasteiger partial charge in [-0.1, -0.05) is 23.7 Å². The van der Waals surface area contributed by atoms with Crippen molar-refractivity contribution in [2.45, 2.75) is 13.5 Å². The van der Waals surface area contributed by atoms with E-state index in [4.69, 9.17) is 22.1 Å². The Bertz CT molecular complexity index is 641. The van der Waals surface area contributed by atoms with Crippen molar-refractivity contribution in [3.05, 3.63) is 63.9 Å². The van der Waals surface area contributed by atoms with E-state index in [1.807, 2.05) is 0 Å². The summed E-state index contributed by atoms with van der Waals surface area (Å²) in [5, 5.41) is 0.595. The summed E-state index contributed by atoms with van der Waals surface area (Å²) >= 11 is 5.75. The maximum Gasteiger partial charge on any atom is 0.341 e. The standard InChI is InChI=1S/C15H13ClFNO2/c1-9-6-12(18)7-13(14(9)17)15(19)20-8-10-2-4-11(16)5-3-10/h2-7H,8,18H2,1H3. The third-order valence-corrected chi connectivity index (χ3v) is 3.03. The van der Waals surface area contributed by atoms with Crippen molar-refractivity contribution in [1.82, 2.24) is 0 Å². The fourth-order valence-electron chi connectivity index (χ4n) is 1.75. The molecule has 20 heavy (non-hydrogen) atoms. The zero-order valence-corrected chi connectivity index (χ0v) is 11.6. The van der Waals surface area contributed by atoms with Gasteiger partial charge in [0.15, 0.2) is 0 Å². The van der Waals surface area contributed by atoms with Crippen molar-refractivity contribution < 1.29 is 13.9 Å². The van der Waals surface area contributed by atoms with Crippen LogP contribution in [0.1, 0.15) is 21.5 Å². The number of ether oxygens (including phenoxy) is 1. The van der Waals surface area contributed by atoms with E-state index in [-0.39, 0.29) is 12.2 Å². The van der Waals surface area contributed by atoms with E-state index in [1.165, 1.54) is 12.1 Å². The minimum atomic E-state index is -0.743. The van der Waals surface area contributed by atoms with Gasteiger partial charge in [0.2, 0.25) is 0 Å². The van der Waals surface area contributed by atoms with E-state index in [9.17, 15) is 9.18 Å². The number of anilines is 1. The number of nitrogen functional groups attached to an aromatic ring is 1. The summed E-state index contributed by atoms with van der Waals surface area (Å²) in [4.78, 5) is 11.9.